The van der Waals surface area contributed by atoms with Crippen LogP contribution in [0.2, 0.25) is 0 Å². The largest absolute Gasteiger partial charge is 0.494 e. The Balaban J connectivity index is 1.70. The smallest absolute Gasteiger partial charge is 0.295 e. The number of fused-ring (bicyclic) bond motifs is 1. The van der Waals surface area contributed by atoms with E-state index >= 15 is 0 Å². The lowest BCUT2D eigenvalue weighted by atomic mass is 10.0. The van der Waals surface area contributed by atoms with Crippen molar-refractivity contribution >= 4 is 31.0 Å². The van der Waals surface area contributed by atoms with Crippen LogP contribution in [-0.4, -0.2) is 32.5 Å². The molecule has 198 valence electrons. The van der Waals surface area contributed by atoms with E-state index in [1.165, 1.54) is 82.8 Å². The van der Waals surface area contributed by atoms with E-state index in [0.717, 1.165) is 31.4 Å². The predicted molar refractivity (Wildman–Crippen MR) is 139 cm³/mol. The molecule has 2 aromatic rings. The van der Waals surface area contributed by atoms with E-state index in [9.17, 15) is 25.9 Å². The van der Waals surface area contributed by atoms with Crippen LogP contribution in [0.4, 0.5) is 0 Å². The minimum Gasteiger partial charge on any atom is -0.494 e. The van der Waals surface area contributed by atoms with Gasteiger partial charge in [0, 0.05) is 5.39 Å². The second-order valence-electron chi connectivity index (χ2n) is 9.20. The maximum atomic E-state index is 11.8. The molecule has 0 saturated carbocycles. The van der Waals surface area contributed by atoms with E-state index in [2.05, 4.69) is 6.92 Å². The summed E-state index contributed by atoms with van der Waals surface area (Å²) in [7, 11) is -9.34. The highest BCUT2D eigenvalue weighted by Crippen LogP contribution is 2.30. The number of ether oxygens (including phenoxy) is 1. The van der Waals surface area contributed by atoms with Crippen molar-refractivity contribution in [3.05, 3.63) is 30.3 Å². The van der Waals surface area contributed by atoms with E-state index in [1.807, 2.05) is 0 Å². The van der Waals surface area contributed by atoms with Gasteiger partial charge in [-0.2, -0.15) is 16.8 Å². The van der Waals surface area contributed by atoms with Crippen LogP contribution in [0.1, 0.15) is 96.8 Å². The van der Waals surface area contributed by atoms with E-state index in [1.54, 1.807) is 6.07 Å². The summed E-state index contributed by atoms with van der Waals surface area (Å²) in [5.74, 6) is 0.427. The predicted octanol–water partition coefficient (Wildman–Crippen LogP) is 7.19. The Bertz CT molecular complexity index is 1130. The Morgan fingerprint density at radius 3 is 1.66 bits per heavy atom. The number of rotatable bonds is 18. The lowest BCUT2D eigenvalue weighted by Gasteiger charge is -2.10. The van der Waals surface area contributed by atoms with Gasteiger partial charge in [-0.1, -0.05) is 96.5 Å². The molecule has 0 heterocycles. The molecule has 0 aliphatic heterocycles. The molecule has 0 saturated heterocycles. The van der Waals surface area contributed by atoms with Gasteiger partial charge in [-0.05, 0) is 36.1 Å². The first-order valence-electron chi connectivity index (χ1n) is 12.8. The zero-order chi connectivity index (χ0) is 25.7. The molecule has 7 nitrogen and oxygen atoms in total. The van der Waals surface area contributed by atoms with Gasteiger partial charge in [0.25, 0.3) is 20.2 Å². The standard InChI is InChI=1S/C26H40O7S2/c1-2-3-4-5-6-7-8-9-10-11-12-13-14-15-18-33-23-17-16-22-19-24(34(27,28)29)21-26(25(22)20-23)35(30,31)32/h16-17,19-21H,2-15,18H2,1H3,(H,27,28,29)(H,30,31,32). The Hall–Kier alpha value is -1.68. The molecule has 35 heavy (non-hydrogen) atoms. The van der Waals surface area contributed by atoms with Gasteiger partial charge in [-0.15, -0.1) is 0 Å². The molecular formula is C26H40O7S2. The number of hydrogen-bond donors (Lipinski definition) is 2. The topological polar surface area (TPSA) is 118 Å². The Morgan fingerprint density at radius 2 is 1.17 bits per heavy atom. The summed E-state index contributed by atoms with van der Waals surface area (Å²) < 4.78 is 71.0. The zero-order valence-electron chi connectivity index (χ0n) is 20.7. The van der Waals surface area contributed by atoms with Crippen molar-refractivity contribution in [2.75, 3.05) is 6.61 Å². The van der Waals surface area contributed by atoms with Gasteiger partial charge in [-0.25, -0.2) is 0 Å². The van der Waals surface area contributed by atoms with Crippen LogP contribution in [0, 0.1) is 0 Å². The lowest BCUT2D eigenvalue weighted by Crippen LogP contribution is -2.05. The fourth-order valence-corrected chi connectivity index (χ4v) is 5.56. The molecule has 0 bridgehead atoms. The highest BCUT2D eigenvalue weighted by atomic mass is 32.2. The van der Waals surface area contributed by atoms with Crippen LogP contribution in [0.3, 0.4) is 0 Å². The molecule has 0 aromatic heterocycles. The van der Waals surface area contributed by atoms with Crippen LogP contribution >= 0.6 is 0 Å². The fraction of sp³-hybridized carbons (Fsp3) is 0.615. The van der Waals surface area contributed by atoms with Gasteiger partial charge in [0.2, 0.25) is 0 Å². The maximum absolute atomic E-state index is 11.8. The van der Waals surface area contributed by atoms with Crippen molar-refractivity contribution < 1.29 is 30.7 Å². The maximum Gasteiger partial charge on any atom is 0.295 e. The summed E-state index contributed by atoms with van der Waals surface area (Å²) in [6.45, 7) is 2.73. The van der Waals surface area contributed by atoms with E-state index in [-0.39, 0.29) is 10.8 Å². The first-order chi connectivity index (χ1) is 16.6. The Morgan fingerprint density at radius 1 is 0.657 bits per heavy atom. The van der Waals surface area contributed by atoms with Crippen LogP contribution in [0.15, 0.2) is 40.1 Å². The summed E-state index contributed by atoms with van der Waals surface area (Å²) in [5.41, 5.74) is 0. The van der Waals surface area contributed by atoms with Crippen molar-refractivity contribution in [1.29, 1.82) is 0 Å². The molecule has 0 radical (unpaired) electrons. The average molecular weight is 529 g/mol. The van der Waals surface area contributed by atoms with Crippen molar-refractivity contribution in [2.24, 2.45) is 0 Å². The quantitative estimate of drug-likeness (QED) is 0.155. The first-order valence-corrected chi connectivity index (χ1v) is 15.7. The third kappa shape index (κ3) is 10.9. The second kappa shape index (κ2) is 14.8. The normalized spacial score (nSPS) is 12.3. The van der Waals surface area contributed by atoms with Gasteiger partial charge >= 0.3 is 0 Å². The molecular weight excluding hydrogens is 488 g/mol. The summed E-state index contributed by atoms with van der Waals surface area (Å²) in [4.78, 5) is -1.20. The van der Waals surface area contributed by atoms with Crippen LogP contribution in [0.5, 0.6) is 5.75 Å². The van der Waals surface area contributed by atoms with Crippen molar-refractivity contribution in [2.45, 2.75) is 107 Å². The third-order valence-corrected chi connectivity index (χ3v) is 7.93. The van der Waals surface area contributed by atoms with Crippen molar-refractivity contribution in [1.82, 2.24) is 0 Å². The average Bonchev–Trinajstić information content (AvgIpc) is 2.79. The highest BCUT2D eigenvalue weighted by Gasteiger charge is 2.20. The fourth-order valence-electron chi connectivity index (χ4n) is 4.22. The lowest BCUT2D eigenvalue weighted by molar-refractivity contribution is 0.304. The van der Waals surface area contributed by atoms with Gasteiger partial charge in [-0.3, -0.25) is 9.11 Å². The first kappa shape index (κ1) is 29.5. The molecule has 9 heteroatoms. The van der Waals surface area contributed by atoms with Gasteiger partial charge in [0.1, 0.15) is 10.6 Å². The molecule has 0 atom stereocenters. The van der Waals surface area contributed by atoms with E-state index < -0.39 is 30.0 Å². The zero-order valence-corrected chi connectivity index (χ0v) is 22.4. The molecule has 0 aliphatic carbocycles. The molecule has 2 rings (SSSR count). The minimum atomic E-state index is -4.71. The summed E-state index contributed by atoms with van der Waals surface area (Å²) in [6, 6.07) is 6.45. The second-order valence-corrected chi connectivity index (χ2v) is 12.0. The Labute approximate surface area is 210 Å². The van der Waals surface area contributed by atoms with Crippen molar-refractivity contribution in [3.63, 3.8) is 0 Å². The van der Waals surface area contributed by atoms with E-state index in [0.29, 0.717) is 12.4 Å². The monoisotopic (exact) mass is 528 g/mol. The molecule has 0 spiro atoms. The Kier molecular flexibility index (Phi) is 12.5. The number of unbranched alkanes of at least 4 members (excludes halogenated alkanes) is 13. The van der Waals surface area contributed by atoms with E-state index in [4.69, 9.17) is 4.74 Å². The van der Waals surface area contributed by atoms with Gasteiger partial charge in [0.05, 0.1) is 11.5 Å². The van der Waals surface area contributed by atoms with Crippen LogP contribution < -0.4 is 4.74 Å². The van der Waals surface area contributed by atoms with Gasteiger partial charge in [0.15, 0.2) is 0 Å². The summed E-state index contributed by atoms with van der Waals surface area (Å²) in [6.07, 6.45) is 17.7. The van der Waals surface area contributed by atoms with Crippen molar-refractivity contribution in [3.8, 4) is 5.75 Å². The molecule has 2 N–H and O–H groups in total. The molecule has 0 unspecified atom stereocenters. The minimum absolute atomic E-state index is 0.123. The van der Waals surface area contributed by atoms with Crippen LogP contribution in [0.25, 0.3) is 10.8 Å². The number of hydrogen-bond acceptors (Lipinski definition) is 5. The third-order valence-electron chi connectivity index (χ3n) is 6.20. The number of benzene rings is 2. The molecule has 0 amide bonds. The molecule has 0 aliphatic rings. The summed E-state index contributed by atoms with van der Waals surface area (Å²) >= 11 is 0. The van der Waals surface area contributed by atoms with Gasteiger partial charge < -0.3 is 4.74 Å². The molecule has 2 aromatic carbocycles. The molecule has 0 fully saturated rings. The SMILES string of the molecule is CCCCCCCCCCCCCCCCOc1ccc2cc(S(=O)(=O)O)cc(S(=O)(=O)O)c2c1. The van der Waals surface area contributed by atoms with Crippen LogP contribution in [-0.2, 0) is 20.2 Å². The highest BCUT2D eigenvalue weighted by molar-refractivity contribution is 7.86. The summed E-state index contributed by atoms with van der Waals surface area (Å²) in [5, 5.41) is 0.370.